The Labute approximate surface area is 132 Å². The molecule has 3 nitrogen and oxygen atoms in total. The van der Waals surface area contributed by atoms with Crippen molar-refractivity contribution in [2.45, 2.75) is 71.1 Å². The Morgan fingerprint density at radius 1 is 1.05 bits per heavy atom. The Morgan fingerprint density at radius 2 is 1.64 bits per heavy atom. The van der Waals surface area contributed by atoms with E-state index in [0.717, 1.165) is 31.4 Å². The highest BCUT2D eigenvalue weighted by Crippen LogP contribution is 2.22. The summed E-state index contributed by atoms with van der Waals surface area (Å²) in [7, 11) is 0. The fraction of sp³-hybridized carbons (Fsp3) is 0.611. The SMILES string of the molecule is CCCCCCCCCCCC(=O)Oc1ccc(F)c(O)c1. The Balaban J connectivity index is 2.05. The van der Waals surface area contributed by atoms with Gasteiger partial charge in [-0.2, -0.15) is 0 Å². The fourth-order valence-electron chi connectivity index (χ4n) is 2.32. The number of carbonyl (C=O) groups is 1. The normalized spacial score (nSPS) is 10.6. The molecule has 1 N–H and O–H groups in total. The smallest absolute Gasteiger partial charge is 0.311 e. The maximum atomic E-state index is 12.9. The van der Waals surface area contributed by atoms with Gasteiger partial charge in [-0.1, -0.05) is 58.3 Å². The zero-order chi connectivity index (χ0) is 16.2. The molecule has 1 aromatic rings. The van der Waals surface area contributed by atoms with Gasteiger partial charge in [-0.05, 0) is 18.6 Å². The molecule has 1 aromatic carbocycles. The first-order chi connectivity index (χ1) is 10.6. The van der Waals surface area contributed by atoms with Gasteiger partial charge in [0.05, 0.1) is 0 Å². The van der Waals surface area contributed by atoms with Crippen LogP contribution in [0.4, 0.5) is 4.39 Å². The number of aromatic hydroxyl groups is 1. The van der Waals surface area contributed by atoms with E-state index in [4.69, 9.17) is 4.74 Å². The summed E-state index contributed by atoms with van der Waals surface area (Å²) < 4.78 is 17.9. The Hall–Kier alpha value is -1.58. The summed E-state index contributed by atoms with van der Waals surface area (Å²) in [6.45, 7) is 2.21. The van der Waals surface area contributed by atoms with Crippen LogP contribution in [0.3, 0.4) is 0 Å². The van der Waals surface area contributed by atoms with Gasteiger partial charge in [-0.25, -0.2) is 4.39 Å². The third-order valence-corrected chi connectivity index (χ3v) is 3.63. The minimum absolute atomic E-state index is 0.180. The number of rotatable bonds is 11. The van der Waals surface area contributed by atoms with E-state index in [9.17, 15) is 14.3 Å². The van der Waals surface area contributed by atoms with E-state index in [-0.39, 0.29) is 11.7 Å². The van der Waals surface area contributed by atoms with Gasteiger partial charge in [-0.3, -0.25) is 4.79 Å². The monoisotopic (exact) mass is 310 g/mol. The van der Waals surface area contributed by atoms with Crippen LogP contribution in [0.15, 0.2) is 18.2 Å². The van der Waals surface area contributed by atoms with Gasteiger partial charge in [0.1, 0.15) is 5.75 Å². The van der Waals surface area contributed by atoms with Crippen molar-refractivity contribution in [3.63, 3.8) is 0 Å². The summed E-state index contributed by atoms with van der Waals surface area (Å²) in [5.74, 6) is -1.39. The van der Waals surface area contributed by atoms with Crippen LogP contribution in [0.25, 0.3) is 0 Å². The van der Waals surface area contributed by atoms with Crippen LogP contribution in [0.5, 0.6) is 11.5 Å². The van der Waals surface area contributed by atoms with Crippen LogP contribution >= 0.6 is 0 Å². The average Bonchev–Trinajstić information content (AvgIpc) is 2.49. The largest absolute Gasteiger partial charge is 0.505 e. The highest BCUT2D eigenvalue weighted by atomic mass is 19.1. The Morgan fingerprint density at radius 3 is 2.23 bits per heavy atom. The van der Waals surface area contributed by atoms with Crippen molar-refractivity contribution >= 4 is 5.97 Å². The highest BCUT2D eigenvalue weighted by molar-refractivity contribution is 5.72. The molecule has 0 amide bonds. The maximum absolute atomic E-state index is 12.9. The third kappa shape index (κ3) is 8.01. The number of hydrogen-bond donors (Lipinski definition) is 1. The molecule has 0 atom stereocenters. The van der Waals surface area contributed by atoms with Gasteiger partial charge in [0, 0.05) is 12.5 Å². The number of esters is 1. The van der Waals surface area contributed by atoms with Crippen molar-refractivity contribution in [1.29, 1.82) is 0 Å². The number of carbonyl (C=O) groups excluding carboxylic acids is 1. The lowest BCUT2D eigenvalue weighted by Crippen LogP contribution is -2.07. The second-order valence-electron chi connectivity index (χ2n) is 5.67. The summed E-state index contributed by atoms with van der Waals surface area (Å²) >= 11 is 0. The van der Waals surface area contributed by atoms with Crippen LogP contribution in [0.2, 0.25) is 0 Å². The van der Waals surface area contributed by atoms with Crippen molar-refractivity contribution < 1.29 is 19.0 Å². The number of phenols is 1. The third-order valence-electron chi connectivity index (χ3n) is 3.63. The molecule has 22 heavy (non-hydrogen) atoms. The molecule has 0 aliphatic carbocycles. The first-order valence-corrected chi connectivity index (χ1v) is 8.32. The second-order valence-corrected chi connectivity index (χ2v) is 5.67. The summed E-state index contributed by atoms with van der Waals surface area (Å²) in [5.41, 5.74) is 0. The molecule has 0 saturated carbocycles. The fourth-order valence-corrected chi connectivity index (χ4v) is 2.32. The van der Waals surface area contributed by atoms with Crippen molar-refractivity contribution in [2.75, 3.05) is 0 Å². The lowest BCUT2D eigenvalue weighted by Gasteiger charge is -2.05. The molecule has 0 bridgehead atoms. The Bertz CT molecular complexity index is 446. The molecule has 0 aromatic heterocycles. The highest BCUT2D eigenvalue weighted by Gasteiger charge is 2.07. The molecule has 0 fully saturated rings. The molecular formula is C18H27FO3. The van der Waals surface area contributed by atoms with Crippen molar-refractivity contribution in [2.24, 2.45) is 0 Å². The first-order valence-electron chi connectivity index (χ1n) is 8.32. The van der Waals surface area contributed by atoms with Crippen LogP contribution in [0, 0.1) is 5.82 Å². The zero-order valence-corrected chi connectivity index (χ0v) is 13.4. The predicted octanol–water partition coefficient (Wildman–Crippen LogP) is 5.36. The molecule has 0 spiro atoms. The molecule has 124 valence electrons. The first kappa shape index (κ1) is 18.5. The number of phenolic OH excluding ortho intramolecular Hbond substituents is 1. The van der Waals surface area contributed by atoms with E-state index in [1.165, 1.54) is 44.6 Å². The predicted molar refractivity (Wildman–Crippen MR) is 85.5 cm³/mol. The number of hydrogen-bond acceptors (Lipinski definition) is 3. The average molecular weight is 310 g/mol. The number of halogens is 1. The maximum Gasteiger partial charge on any atom is 0.311 e. The van der Waals surface area contributed by atoms with E-state index in [1.54, 1.807) is 0 Å². The summed E-state index contributed by atoms with van der Waals surface area (Å²) in [6, 6.07) is 3.53. The number of benzene rings is 1. The van der Waals surface area contributed by atoms with E-state index in [0.29, 0.717) is 6.42 Å². The van der Waals surface area contributed by atoms with E-state index in [1.807, 2.05) is 0 Å². The van der Waals surface area contributed by atoms with E-state index >= 15 is 0 Å². The van der Waals surface area contributed by atoms with Crippen molar-refractivity contribution in [3.8, 4) is 11.5 Å². The van der Waals surface area contributed by atoms with E-state index in [2.05, 4.69) is 6.92 Å². The molecular weight excluding hydrogens is 283 g/mol. The van der Waals surface area contributed by atoms with E-state index < -0.39 is 11.6 Å². The summed E-state index contributed by atoms with van der Waals surface area (Å²) in [4.78, 5) is 11.6. The zero-order valence-electron chi connectivity index (χ0n) is 13.4. The standard InChI is InChI=1S/C18H27FO3/c1-2-3-4-5-6-7-8-9-10-11-18(21)22-15-12-13-16(19)17(20)14-15/h12-14,20H,2-11H2,1H3. The van der Waals surface area contributed by atoms with Crippen molar-refractivity contribution in [1.82, 2.24) is 0 Å². The van der Waals surface area contributed by atoms with Crippen LogP contribution < -0.4 is 4.74 Å². The molecule has 4 heteroatoms. The molecule has 0 aliphatic rings. The summed E-state index contributed by atoms with van der Waals surface area (Å²) in [5, 5.41) is 9.20. The van der Waals surface area contributed by atoms with Crippen molar-refractivity contribution in [3.05, 3.63) is 24.0 Å². The van der Waals surface area contributed by atoms with Crippen LogP contribution in [-0.4, -0.2) is 11.1 Å². The molecule has 0 aliphatic heterocycles. The van der Waals surface area contributed by atoms with Gasteiger partial charge in [-0.15, -0.1) is 0 Å². The molecule has 0 unspecified atom stereocenters. The number of unbranched alkanes of at least 4 members (excludes halogenated alkanes) is 8. The summed E-state index contributed by atoms with van der Waals surface area (Å²) in [6.07, 6.45) is 11.1. The molecule has 0 saturated heterocycles. The van der Waals surface area contributed by atoms with Gasteiger partial charge in [0.2, 0.25) is 0 Å². The minimum atomic E-state index is -0.723. The molecule has 0 heterocycles. The van der Waals surface area contributed by atoms with Gasteiger partial charge in [0.15, 0.2) is 11.6 Å². The minimum Gasteiger partial charge on any atom is -0.505 e. The van der Waals surface area contributed by atoms with Crippen LogP contribution in [-0.2, 0) is 4.79 Å². The Kier molecular flexibility index (Phi) is 9.28. The lowest BCUT2D eigenvalue weighted by molar-refractivity contribution is -0.134. The second kappa shape index (κ2) is 11.0. The quantitative estimate of drug-likeness (QED) is 0.340. The number of ether oxygens (including phenoxy) is 1. The van der Waals surface area contributed by atoms with Crippen LogP contribution in [0.1, 0.15) is 71.1 Å². The van der Waals surface area contributed by atoms with Gasteiger partial charge < -0.3 is 9.84 Å². The van der Waals surface area contributed by atoms with Gasteiger partial charge in [0.25, 0.3) is 0 Å². The van der Waals surface area contributed by atoms with Gasteiger partial charge >= 0.3 is 5.97 Å². The topological polar surface area (TPSA) is 46.5 Å². The molecule has 0 radical (unpaired) electrons. The lowest BCUT2D eigenvalue weighted by atomic mass is 10.1. The molecule has 1 rings (SSSR count).